The minimum atomic E-state index is -3.33. The molecule has 0 bridgehead atoms. The summed E-state index contributed by atoms with van der Waals surface area (Å²) in [5, 5.41) is 3.94. The number of aryl methyl sites for hydroxylation is 1. The van der Waals surface area contributed by atoms with E-state index in [1.54, 1.807) is 19.2 Å². The van der Waals surface area contributed by atoms with Gasteiger partial charge in [-0.25, -0.2) is 22.8 Å². The summed E-state index contributed by atoms with van der Waals surface area (Å²) in [7, 11) is -0.309. The number of rotatable bonds is 6. The molecule has 3 atom stereocenters. The van der Waals surface area contributed by atoms with Crippen molar-refractivity contribution in [2.45, 2.75) is 45.0 Å². The van der Waals surface area contributed by atoms with Crippen molar-refractivity contribution in [2.24, 2.45) is 7.05 Å². The van der Waals surface area contributed by atoms with Gasteiger partial charge in [-0.1, -0.05) is 18.2 Å². The molecule has 0 spiro atoms. The van der Waals surface area contributed by atoms with E-state index in [4.69, 9.17) is 4.74 Å². The zero-order valence-corrected chi connectivity index (χ0v) is 20.7. The van der Waals surface area contributed by atoms with E-state index in [2.05, 4.69) is 15.3 Å². The molecule has 1 aliphatic heterocycles. The summed E-state index contributed by atoms with van der Waals surface area (Å²) in [6, 6.07) is 6.96. The normalized spacial score (nSPS) is 21.5. The molecule has 4 rings (SSSR count). The fraction of sp³-hybridized carbons (Fsp3) is 0.458. The Hall–Kier alpha value is -2.85. The number of anilines is 1. The van der Waals surface area contributed by atoms with Gasteiger partial charge in [0.15, 0.2) is 9.84 Å². The van der Waals surface area contributed by atoms with Crippen LogP contribution in [-0.2, 0) is 27.2 Å². The van der Waals surface area contributed by atoms with Gasteiger partial charge in [-0.2, -0.15) is 0 Å². The van der Waals surface area contributed by atoms with Crippen LogP contribution in [0.15, 0.2) is 35.4 Å². The van der Waals surface area contributed by atoms with E-state index in [0.717, 1.165) is 11.1 Å². The van der Waals surface area contributed by atoms with Crippen LogP contribution in [0, 0.1) is 6.92 Å². The fourth-order valence-corrected chi connectivity index (χ4v) is 6.78. The molecule has 2 aromatic heterocycles. The molecule has 1 fully saturated rings. The van der Waals surface area contributed by atoms with Gasteiger partial charge < -0.3 is 10.1 Å². The number of alkyl halides is 1. The smallest absolute Gasteiger partial charge is 0.258 e. The Morgan fingerprint density at radius 3 is 2.56 bits per heavy atom. The Morgan fingerprint density at radius 2 is 1.94 bits per heavy atom. The average molecular weight is 489 g/mol. The molecule has 0 saturated carbocycles. The highest BCUT2D eigenvalue weighted by Gasteiger charge is 2.46. The van der Waals surface area contributed by atoms with Crippen molar-refractivity contribution in [3.63, 3.8) is 0 Å². The molecular formula is C24H29FN4O4S. The van der Waals surface area contributed by atoms with E-state index in [0.29, 0.717) is 22.4 Å². The Bertz CT molecular complexity index is 1420. The summed E-state index contributed by atoms with van der Waals surface area (Å²) in [5.41, 5.74) is 1.52. The number of pyridine rings is 1. The maximum absolute atomic E-state index is 14.0. The summed E-state index contributed by atoms with van der Waals surface area (Å²) in [6.07, 6.45) is 0.486. The minimum absolute atomic E-state index is 0.0436. The van der Waals surface area contributed by atoms with Crippen LogP contribution in [0.3, 0.4) is 0 Å². The lowest BCUT2D eigenvalue weighted by molar-refractivity contribution is 0.00735. The predicted molar refractivity (Wildman–Crippen MR) is 129 cm³/mol. The van der Waals surface area contributed by atoms with E-state index in [1.165, 1.54) is 24.9 Å². The van der Waals surface area contributed by atoms with Crippen molar-refractivity contribution in [3.8, 4) is 0 Å². The Labute approximate surface area is 198 Å². The standard InChI is InChI=1S/C24H29FN4O4S/c1-14-17(15(2)25)7-6-8-18(14)16(3)28-21-19-11-20(23(30)29(4)22(19)27-13-26-21)24(33-5)9-10-34(31,32)12-24/h6-8,11,13,15-16H,9-10,12H2,1-5H3,(H,26,27,28)/t15?,16-,24?/m1/s1. The summed E-state index contributed by atoms with van der Waals surface area (Å²) in [6.45, 7) is 5.35. The first-order valence-electron chi connectivity index (χ1n) is 11.1. The third-order valence-corrected chi connectivity index (χ3v) is 8.55. The van der Waals surface area contributed by atoms with E-state index in [9.17, 15) is 17.6 Å². The van der Waals surface area contributed by atoms with Crippen LogP contribution in [-0.4, -0.2) is 41.6 Å². The Balaban J connectivity index is 1.83. The molecular weight excluding hydrogens is 459 g/mol. The number of halogens is 1. The maximum atomic E-state index is 14.0. The molecule has 8 nitrogen and oxygen atoms in total. The van der Waals surface area contributed by atoms with Crippen LogP contribution < -0.4 is 10.9 Å². The number of benzene rings is 1. The van der Waals surface area contributed by atoms with Crippen molar-refractivity contribution in [3.05, 3.63) is 63.2 Å². The molecule has 0 radical (unpaired) electrons. The van der Waals surface area contributed by atoms with Crippen LogP contribution in [0.4, 0.5) is 10.2 Å². The van der Waals surface area contributed by atoms with Crippen LogP contribution in [0.5, 0.6) is 0 Å². The summed E-state index contributed by atoms with van der Waals surface area (Å²) in [5.74, 6) is 0.190. The highest BCUT2D eigenvalue weighted by Crippen LogP contribution is 2.37. The zero-order chi connectivity index (χ0) is 24.8. The monoisotopic (exact) mass is 488 g/mol. The van der Waals surface area contributed by atoms with E-state index in [-0.39, 0.29) is 35.1 Å². The molecule has 1 aromatic carbocycles. The zero-order valence-electron chi connectivity index (χ0n) is 19.9. The van der Waals surface area contributed by atoms with Crippen molar-refractivity contribution >= 4 is 26.7 Å². The number of methoxy groups -OCH3 is 1. The first-order valence-corrected chi connectivity index (χ1v) is 12.9. The topological polar surface area (TPSA) is 103 Å². The molecule has 1 N–H and O–H groups in total. The first kappa shape index (κ1) is 24.3. The van der Waals surface area contributed by atoms with Crippen LogP contribution in [0.25, 0.3) is 11.0 Å². The second-order valence-electron chi connectivity index (χ2n) is 8.97. The fourth-order valence-electron chi connectivity index (χ4n) is 4.87. The number of fused-ring (bicyclic) bond motifs is 1. The van der Waals surface area contributed by atoms with Gasteiger partial charge in [-0.15, -0.1) is 0 Å². The van der Waals surface area contributed by atoms with Gasteiger partial charge in [0.1, 0.15) is 29.6 Å². The molecule has 2 unspecified atom stereocenters. The van der Waals surface area contributed by atoms with Crippen molar-refractivity contribution in [1.82, 2.24) is 14.5 Å². The lowest BCUT2D eigenvalue weighted by Crippen LogP contribution is -2.38. The molecule has 34 heavy (non-hydrogen) atoms. The maximum Gasteiger partial charge on any atom is 0.258 e. The van der Waals surface area contributed by atoms with Crippen LogP contribution in [0.2, 0.25) is 0 Å². The highest BCUT2D eigenvalue weighted by atomic mass is 32.2. The third kappa shape index (κ3) is 4.09. The number of aromatic nitrogens is 3. The molecule has 0 amide bonds. The van der Waals surface area contributed by atoms with Crippen molar-refractivity contribution in [1.29, 1.82) is 0 Å². The van der Waals surface area contributed by atoms with Gasteiger partial charge in [0.05, 0.1) is 28.5 Å². The van der Waals surface area contributed by atoms with Gasteiger partial charge >= 0.3 is 0 Å². The number of ether oxygens (including phenoxy) is 1. The lowest BCUT2D eigenvalue weighted by Gasteiger charge is -2.27. The number of sulfone groups is 1. The third-order valence-electron chi connectivity index (χ3n) is 6.82. The van der Waals surface area contributed by atoms with Crippen molar-refractivity contribution in [2.75, 3.05) is 23.9 Å². The second kappa shape index (κ2) is 8.74. The SMILES string of the molecule is COC1(c2cc3c(N[C@H](C)c4cccc(C(C)F)c4C)ncnc3n(C)c2=O)CCS(=O)(=O)C1. The Morgan fingerprint density at radius 1 is 1.24 bits per heavy atom. The van der Waals surface area contributed by atoms with Crippen LogP contribution in [0.1, 0.15) is 54.7 Å². The molecule has 0 aliphatic carbocycles. The summed E-state index contributed by atoms with van der Waals surface area (Å²) in [4.78, 5) is 21.9. The largest absolute Gasteiger partial charge is 0.372 e. The summed E-state index contributed by atoms with van der Waals surface area (Å²) < 4.78 is 45.6. The molecule has 1 aliphatic rings. The van der Waals surface area contributed by atoms with Gasteiger partial charge in [0, 0.05) is 14.2 Å². The number of nitrogens with zero attached hydrogens (tertiary/aromatic N) is 3. The number of nitrogens with one attached hydrogen (secondary N) is 1. The summed E-state index contributed by atoms with van der Waals surface area (Å²) >= 11 is 0. The van der Waals surface area contributed by atoms with Crippen molar-refractivity contribution < 1.29 is 17.5 Å². The van der Waals surface area contributed by atoms with Gasteiger partial charge in [0.2, 0.25) is 0 Å². The molecule has 3 heterocycles. The van der Waals surface area contributed by atoms with E-state index >= 15 is 0 Å². The number of hydrogen-bond donors (Lipinski definition) is 1. The minimum Gasteiger partial charge on any atom is -0.372 e. The highest BCUT2D eigenvalue weighted by molar-refractivity contribution is 7.91. The lowest BCUT2D eigenvalue weighted by atomic mass is 9.93. The quantitative estimate of drug-likeness (QED) is 0.566. The molecule has 10 heteroatoms. The van der Waals surface area contributed by atoms with Gasteiger partial charge in [-0.3, -0.25) is 9.36 Å². The molecule has 1 saturated heterocycles. The predicted octanol–water partition coefficient (Wildman–Crippen LogP) is 3.50. The molecule has 3 aromatic rings. The first-order chi connectivity index (χ1) is 16.0. The molecule has 182 valence electrons. The van der Waals surface area contributed by atoms with Gasteiger partial charge in [0.25, 0.3) is 5.56 Å². The van der Waals surface area contributed by atoms with Gasteiger partial charge in [-0.05, 0) is 49.9 Å². The Kier molecular flexibility index (Phi) is 6.24. The van der Waals surface area contributed by atoms with Crippen LogP contribution >= 0.6 is 0 Å². The average Bonchev–Trinajstić information content (AvgIpc) is 3.12. The number of hydrogen-bond acceptors (Lipinski definition) is 7. The van der Waals surface area contributed by atoms with E-state index in [1.807, 2.05) is 26.0 Å². The second-order valence-corrected chi connectivity index (χ2v) is 11.1. The van der Waals surface area contributed by atoms with E-state index < -0.39 is 21.6 Å².